The van der Waals surface area contributed by atoms with E-state index in [0.717, 1.165) is 55.8 Å². The zero-order valence-electron chi connectivity index (χ0n) is 17.2. The minimum absolute atomic E-state index is 0. The molecule has 0 saturated carbocycles. The van der Waals surface area contributed by atoms with Crippen LogP contribution < -0.4 is 15.5 Å². The summed E-state index contributed by atoms with van der Waals surface area (Å²) in [6.45, 7) is 5.84. The second-order valence-corrected chi connectivity index (χ2v) is 8.00. The van der Waals surface area contributed by atoms with Crippen LogP contribution in [0.1, 0.15) is 5.56 Å². The van der Waals surface area contributed by atoms with Crippen LogP contribution in [-0.2, 0) is 6.54 Å². The van der Waals surface area contributed by atoms with Gasteiger partial charge in [0.25, 0.3) is 0 Å². The molecular formula is C21H31IN6S. The molecule has 2 N–H and O–H groups in total. The fourth-order valence-electron chi connectivity index (χ4n) is 3.01. The van der Waals surface area contributed by atoms with Crippen LogP contribution in [0, 0.1) is 0 Å². The first-order valence-electron chi connectivity index (χ1n) is 9.75. The van der Waals surface area contributed by atoms with E-state index in [1.807, 2.05) is 24.0 Å². The number of aromatic nitrogens is 1. The summed E-state index contributed by atoms with van der Waals surface area (Å²) in [7, 11) is 3.97. The van der Waals surface area contributed by atoms with Crippen molar-refractivity contribution in [2.24, 2.45) is 4.99 Å². The molecule has 0 aliphatic carbocycles. The molecule has 3 rings (SSSR count). The third-order valence-corrected chi connectivity index (χ3v) is 5.74. The number of likely N-dealkylation sites (N-methyl/N-ethyl adjacent to an activating group) is 1. The Morgan fingerprint density at radius 3 is 2.48 bits per heavy atom. The predicted molar refractivity (Wildman–Crippen MR) is 135 cm³/mol. The minimum atomic E-state index is 0. The molecular weight excluding hydrogens is 495 g/mol. The van der Waals surface area contributed by atoms with Crippen molar-refractivity contribution in [3.8, 4) is 0 Å². The molecule has 1 aromatic carbocycles. The van der Waals surface area contributed by atoms with Gasteiger partial charge in [0.15, 0.2) is 5.96 Å². The summed E-state index contributed by atoms with van der Waals surface area (Å²) < 4.78 is 0. The Morgan fingerprint density at radius 2 is 1.83 bits per heavy atom. The van der Waals surface area contributed by atoms with Crippen molar-refractivity contribution in [1.82, 2.24) is 20.5 Å². The first-order chi connectivity index (χ1) is 13.7. The van der Waals surface area contributed by atoms with Gasteiger partial charge in [-0.2, -0.15) is 0 Å². The average molecular weight is 526 g/mol. The normalized spacial score (nSPS) is 15.0. The zero-order chi connectivity index (χ0) is 19.6. The van der Waals surface area contributed by atoms with Gasteiger partial charge in [0.1, 0.15) is 5.82 Å². The Balaban J connectivity index is 0.00000300. The second-order valence-electron chi connectivity index (χ2n) is 6.83. The van der Waals surface area contributed by atoms with Gasteiger partial charge in [0, 0.05) is 63.2 Å². The molecule has 6 nitrogen and oxygen atoms in total. The molecule has 2 heterocycles. The largest absolute Gasteiger partial charge is 0.356 e. The summed E-state index contributed by atoms with van der Waals surface area (Å²) in [5, 5.41) is 6.72. The van der Waals surface area contributed by atoms with Crippen molar-refractivity contribution in [3.63, 3.8) is 0 Å². The number of thioether (sulfide) groups is 1. The highest BCUT2D eigenvalue weighted by Crippen LogP contribution is 2.16. The van der Waals surface area contributed by atoms with Crippen LogP contribution in [0.2, 0.25) is 0 Å². The molecule has 8 heteroatoms. The quantitative estimate of drug-likeness (QED) is 0.190. The van der Waals surface area contributed by atoms with Crippen LogP contribution in [0.4, 0.5) is 5.82 Å². The van der Waals surface area contributed by atoms with Crippen LogP contribution in [-0.4, -0.2) is 68.4 Å². The molecule has 0 unspecified atom stereocenters. The maximum atomic E-state index is 4.64. The summed E-state index contributed by atoms with van der Waals surface area (Å²) in [5.74, 6) is 2.88. The van der Waals surface area contributed by atoms with Gasteiger partial charge >= 0.3 is 0 Å². The molecule has 0 atom stereocenters. The maximum Gasteiger partial charge on any atom is 0.191 e. The predicted octanol–water partition coefficient (Wildman–Crippen LogP) is 2.91. The summed E-state index contributed by atoms with van der Waals surface area (Å²) >= 11 is 1.84. The highest BCUT2D eigenvalue weighted by atomic mass is 127. The Kier molecular flexibility index (Phi) is 10.6. The number of guanidine groups is 1. The monoisotopic (exact) mass is 526 g/mol. The lowest BCUT2D eigenvalue weighted by Crippen LogP contribution is -2.44. The summed E-state index contributed by atoms with van der Waals surface area (Å²) in [5.41, 5.74) is 1.15. The lowest BCUT2D eigenvalue weighted by molar-refractivity contribution is 0.312. The first-order valence-corrected chi connectivity index (χ1v) is 10.7. The van der Waals surface area contributed by atoms with E-state index in [1.54, 1.807) is 7.05 Å². The van der Waals surface area contributed by atoms with Gasteiger partial charge in [-0.3, -0.25) is 4.99 Å². The lowest BCUT2D eigenvalue weighted by atomic mass is 10.2. The highest BCUT2D eigenvalue weighted by Gasteiger charge is 2.14. The van der Waals surface area contributed by atoms with Gasteiger partial charge < -0.3 is 20.4 Å². The van der Waals surface area contributed by atoms with E-state index < -0.39 is 0 Å². The molecule has 29 heavy (non-hydrogen) atoms. The summed E-state index contributed by atoms with van der Waals surface area (Å²) in [6, 6.07) is 14.7. The van der Waals surface area contributed by atoms with E-state index in [4.69, 9.17) is 0 Å². The number of rotatable bonds is 7. The highest BCUT2D eigenvalue weighted by molar-refractivity contribution is 14.0. The smallest absolute Gasteiger partial charge is 0.191 e. The number of pyridine rings is 1. The molecule has 0 amide bonds. The molecule has 2 aromatic rings. The summed E-state index contributed by atoms with van der Waals surface area (Å²) in [4.78, 5) is 14.9. The number of aliphatic imine (C=N–C) groups is 1. The van der Waals surface area contributed by atoms with Crippen LogP contribution in [0.3, 0.4) is 0 Å². The molecule has 0 radical (unpaired) electrons. The van der Waals surface area contributed by atoms with Crippen LogP contribution >= 0.6 is 35.7 Å². The van der Waals surface area contributed by atoms with Crippen molar-refractivity contribution in [1.29, 1.82) is 0 Å². The SMILES string of the molecule is CN=C(NCCSc1ccccc1)NCc1ccc(N2CCN(C)CC2)nc1.I. The van der Waals surface area contributed by atoms with Gasteiger partial charge in [-0.25, -0.2) is 4.98 Å². The number of benzene rings is 1. The number of nitrogens with zero attached hydrogens (tertiary/aromatic N) is 4. The number of anilines is 1. The number of hydrogen-bond acceptors (Lipinski definition) is 5. The van der Waals surface area contributed by atoms with Crippen molar-refractivity contribution in [2.75, 3.05) is 57.5 Å². The van der Waals surface area contributed by atoms with E-state index in [0.29, 0.717) is 6.54 Å². The van der Waals surface area contributed by atoms with Crippen molar-refractivity contribution < 1.29 is 0 Å². The van der Waals surface area contributed by atoms with E-state index in [2.05, 4.69) is 73.9 Å². The second kappa shape index (κ2) is 12.9. The average Bonchev–Trinajstić information content (AvgIpc) is 2.75. The van der Waals surface area contributed by atoms with Crippen LogP contribution in [0.25, 0.3) is 0 Å². The Morgan fingerprint density at radius 1 is 1.07 bits per heavy atom. The zero-order valence-corrected chi connectivity index (χ0v) is 20.3. The molecule has 0 bridgehead atoms. The van der Waals surface area contributed by atoms with Crippen molar-refractivity contribution in [3.05, 3.63) is 54.2 Å². The topological polar surface area (TPSA) is 55.8 Å². The van der Waals surface area contributed by atoms with Gasteiger partial charge in [0.05, 0.1) is 0 Å². The molecule has 1 aliphatic heterocycles. The van der Waals surface area contributed by atoms with Crippen LogP contribution in [0.15, 0.2) is 58.5 Å². The number of halogens is 1. The molecule has 1 fully saturated rings. The standard InChI is InChI=1S/C21H30N6S.HI/c1-22-21(23-10-15-28-19-6-4-3-5-7-19)25-17-18-8-9-20(24-16-18)27-13-11-26(2)12-14-27;/h3-9,16H,10-15,17H2,1-2H3,(H2,22,23,25);1H. The van der Waals surface area contributed by atoms with Crippen LogP contribution in [0.5, 0.6) is 0 Å². The van der Waals surface area contributed by atoms with Gasteiger partial charge in [-0.1, -0.05) is 24.3 Å². The van der Waals surface area contributed by atoms with Crippen molar-refractivity contribution >= 4 is 47.5 Å². The van der Waals surface area contributed by atoms with E-state index >= 15 is 0 Å². The maximum absolute atomic E-state index is 4.64. The van der Waals surface area contributed by atoms with E-state index in [1.165, 1.54) is 4.90 Å². The van der Waals surface area contributed by atoms with E-state index in [-0.39, 0.29) is 24.0 Å². The molecule has 1 aliphatic rings. The number of piperazine rings is 1. The van der Waals surface area contributed by atoms with Gasteiger partial charge in [-0.15, -0.1) is 35.7 Å². The van der Waals surface area contributed by atoms with Gasteiger partial charge in [-0.05, 0) is 30.8 Å². The number of hydrogen-bond donors (Lipinski definition) is 2. The third-order valence-electron chi connectivity index (χ3n) is 4.73. The van der Waals surface area contributed by atoms with Gasteiger partial charge in [0.2, 0.25) is 0 Å². The molecule has 0 spiro atoms. The minimum Gasteiger partial charge on any atom is -0.356 e. The molecule has 158 valence electrons. The third kappa shape index (κ3) is 8.02. The Labute approximate surface area is 195 Å². The fourth-order valence-corrected chi connectivity index (χ4v) is 3.79. The van der Waals surface area contributed by atoms with E-state index in [9.17, 15) is 0 Å². The summed E-state index contributed by atoms with van der Waals surface area (Å²) in [6.07, 6.45) is 1.96. The Bertz CT molecular complexity index is 733. The molecule has 1 aromatic heterocycles. The first kappa shape index (κ1) is 23.8. The van der Waals surface area contributed by atoms with Crippen molar-refractivity contribution in [2.45, 2.75) is 11.4 Å². The molecule has 1 saturated heterocycles. The Hall–Kier alpha value is -1.52. The number of nitrogens with one attached hydrogen (secondary N) is 2. The lowest BCUT2D eigenvalue weighted by Gasteiger charge is -2.33. The fraction of sp³-hybridized carbons (Fsp3) is 0.429.